The van der Waals surface area contributed by atoms with Crippen molar-refractivity contribution in [1.29, 1.82) is 0 Å². The van der Waals surface area contributed by atoms with Crippen LogP contribution in [0, 0.1) is 5.92 Å². The van der Waals surface area contributed by atoms with Crippen molar-refractivity contribution in [3.63, 3.8) is 0 Å². The van der Waals surface area contributed by atoms with Crippen LogP contribution >= 0.6 is 0 Å². The highest BCUT2D eigenvalue weighted by molar-refractivity contribution is 5.86. The Hall–Kier alpha value is -2.04. The highest BCUT2D eigenvalue weighted by Gasteiger charge is 2.41. The summed E-state index contributed by atoms with van der Waals surface area (Å²) in [6.07, 6.45) is 1.94. The van der Waals surface area contributed by atoms with Crippen LogP contribution in [0.2, 0.25) is 0 Å². The molecule has 0 aromatic heterocycles. The van der Waals surface area contributed by atoms with Gasteiger partial charge in [0, 0.05) is 13.1 Å². The molecule has 1 amide bonds. The van der Waals surface area contributed by atoms with Gasteiger partial charge < -0.3 is 16.0 Å². The lowest BCUT2D eigenvalue weighted by Gasteiger charge is -2.36. The van der Waals surface area contributed by atoms with Gasteiger partial charge in [0.25, 0.3) is 0 Å². The molecular weight excluding hydrogens is 240 g/mol. The zero-order valence-corrected chi connectivity index (χ0v) is 10.7. The van der Waals surface area contributed by atoms with Crippen molar-refractivity contribution < 1.29 is 4.79 Å². The molecule has 2 aliphatic heterocycles. The minimum absolute atomic E-state index is 0.0678. The Balaban J connectivity index is 1.81. The number of fused-ring (bicyclic) bond motifs is 1. The third-order valence-corrected chi connectivity index (χ3v) is 3.90. The summed E-state index contributed by atoms with van der Waals surface area (Å²) in [6.45, 7) is 1.55. The van der Waals surface area contributed by atoms with Gasteiger partial charge >= 0.3 is 0 Å². The van der Waals surface area contributed by atoms with Crippen molar-refractivity contribution in [2.45, 2.75) is 18.9 Å². The van der Waals surface area contributed by atoms with Crippen molar-refractivity contribution in [2.75, 3.05) is 13.1 Å². The van der Waals surface area contributed by atoms with Gasteiger partial charge in [-0.3, -0.25) is 4.79 Å². The summed E-state index contributed by atoms with van der Waals surface area (Å²) in [5.74, 6) is 0.734. The van der Waals surface area contributed by atoms with Gasteiger partial charge in [0.15, 0.2) is 5.96 Å². The van der Waals surface area contributed by atoms with Crippen LogP contribution in [0.1, 0.15) is 12.8 Å². The highest BCUT2D eigenvalue weighted by atomic mass is 16.2. The standard InChI is InChI=1S/C14H18N4O/c15-14(17-10-5-2-1-3-6-10)18-8-4-7-11-12(18)9-16-13(11)19/h1-3,5-6,11-12H,4,7-9H2,(H2,15,17)(H,16,19). The number of carbonyl (C=O) groups excluding carboxylic acids is 1. The summed E-state index contributed by atoms with van der Waals surface area (Å²) in [7, 11) is 0. The molecule has 2 aliphatic rings. The first-order valence-corrected chi connectivity index (χ1v) is 6.69. The van der Waals surface area contributed by atoms with Crippen LogP contribution < -0.4 is 11.1 Å². The SMILES string of the molecule is NC(=Nc1ccccc1)N1CCCC2C(=O)NCC21. The molecule has 1 aromatic carbocycles. The molecule has 5 heteroatoms. The topological polar surface area (TPSA) is 70.7 Å². The number of benzene rings is 1. The van der Waals surface area contributed by atoms with Crippen LogP contribution in [0.25, 0.3) is 0 Å². The first-order chi connectivity index (χ1) is 9.25. The number of piperidine rings is 1. The quantitative estimate of drug-likeness (QED) is 0.579. The number of guanidine groups is 1. The van der Waals surface area contributed by atoms with E-state index in [1.807, 2.05) is 30.3 Å². The largest absolute Gasteiger partial charge is 0.369 e. The Morgan fingerprint density at radius 1 is 1.37 bits per heavy atom. The molecule has 3 N–H and O–H groups in total. The second-order valence-corrected chi connectivity index (χ2v) is 5.06. The predicted octanol–water partition coefficient (Wildman–Crippen LogP) is 0.843. The number of aliphatic imine (C=N–C) groups is 1. The first-order valence-electron chi connectivity index (χ1n) is 6.69. The third-order valence-electron chi connectivity index (χ3n) is 3.90. The van der Waals surface area contributed by atoms with E-state index in [9.17, 15) is 4.79 Å². The maximum Gasteiger partial charge on any atom is 0.225 e. The summed E-state index contributed by atoms with van der Waals surface area (Å²) in [6, 6.07) is 9.83. The lowest BCUT2D eigenvalue weighted by atomic mass is 9.92. The van der Waals surface area contributed by atoms with E-state index in [1.54, 1.807) is 0 Å². The average molecular weight is 258 g/mol. The van der Waals surface area contributed by atoms with Gasteiger partial charge in [-0.1, -0.05) is 18.2 Å². The summed E-state index contributed by atoms with van der Waals surface area (Å²) in [4.78, 5) is 18.2. The molecular formula is C14H18N4O. The maximum atomic E-state index is 11.7. The Morgan fingerprint density at radius 3 is 2.95 bits per heavy atom. The lowest BCUT2D eigenvalue weighted by Crippen LogP contribution is -2.51. The number of nitrogens with zero attached hydrogens (tertiary/aromatic N) is 2. The fourth-order valence-electron chi connectivity index (χ4n) is 2.93. The molecule has 2 saturated heterocycles. The molecule has 0 radical (unpaired) electrons. The summed E-state index contributed by atoms with van der Waals surface area (Å²) >= 11 is 0. The molecule has 2 atom stereocenters. The Bertz CT molecular complexity index is 499. The van der Waals surface area contributed by atoms with E-state index in [2.05, 4.69) is 15.2 Å². The van der Waals surface area contributed by atoms with Gasteiger partial charge in [0.1, 0.15) is 0 Å². The second kappa shape index (κ2) is 4.91. The molecule has 0 bridgehead atoms. The number of hydrogen-bond donors (Lipinski definition) is 2. The van der Waals surface area contributed by atoms with Gasteiger partial charge in [-0.15, -0.1) is 0 Å². The molecule has 5 nitrogen and oxygen atoms in total. The molecule has 0 saturated carbocycles. The van der Waals surface area contributed by atoms with E-state index in [0.717, 1.165) is 25.1 Å². The molecule has 2 unspecified atom stereocenters. The molecule has 2 fully saturated rings. The molecule has 1 aromatic rings. The summed E-state index contributed by atoms with van der Waals surface area (Å²) in [5.41, 5.74) is 6.97. The highest BCUT2D eigenvalue weighted by Crippen LogP contribution is 2.27. The molecule has 0 aliphatic carbocycles. The zero-order valence-electron chi connectivity index (χ0n) is 10.7. The molecule has 0 spiro atoms. The van der Waals surface area contributed by atoms with Gasteiger partial charge in [-0.2, -0.15) is 0 Å². The van der Waals surface area contributed by atoms with Gasteiger partial charge in [0.05, 0.1) is 17.6 Å². The fourth-order valence-corrected chi connectivity index (χ4v) is 2.93. The van der Waals surface area contributed by atoms with Crippen LogP contribution in [0.4, 0.5) is 5.69 Å². The number of nitrogens with one attached hydrogen (secondary N) is 1. The molecule has 19 heavy (non-hydrogen) atoms. The smallest absolute Gasteiger partial charge is 0.225 e. The van der Waals surface area contributed by atoms with Crippen LogP contribution in [0.15, 0.2) is 35.3 Å². The minimum Gasteiger partial charge on any atom is -0.369 e. The number of para-hydroxylation sites is 1. The van der Waals surface area contributed by atoms with E-state index >= 15 is 0 Å². The van der Waals surface area contributed by atoms with Crippen molar-refractivity contribution in [3.05, 3.63) is 30.3 Å². The van der Waals surface area contributed by atoms with Crippen LogP contribution in [0.5, 0.6) is 0 Å². The van der Waals surface area contributed by atoms with Gasteiger partial charge in [0.2, 0.25) is 5.91 Å². The fraction of sp³-hybridized carbons (Fsp3) is 0.429. The maximum absolute atomic E-state index is 11.7. The summed E-state index contributed by atoms with van der Waals surface area (Å²) < 4.78 is 0. The van der Waals surface area contributed by atoms with E-state index in [1.165, 1.54) is 0 Å². The number of nitrogens with two attached hydrogens (primary N) is 1. The predicted molar refractivity (Wildman–Crippen MR) is 74.0 cm³/mol. The van der Waals surface area contributed by atoms with E-state index in [4.69, 9.17) is 5.73 Å². The van der Waals surface area contributed by atoms with Crippen molar-refractivity contribution in [1.82, 2.24) is 10.2 Å². The van der Waals surface area contributed by atoms with Crippen LogP contribution in [-0.2, 0) is 4.79 Å². The normalized spacial score (nSPS) is 27.1. The third kappa shape index (κ3) is 2.28. The molecule has 2 heterocycles. The Kier molecular flexibility index (Phi) is 3.11. The minimum atomic E-state index is 0.0678. The van der Waals surface area contributed by atoms with Crippen LogP contribution in [0.3, 0.4) is 0 Å². The van der Waals surface area contributed by atoms with Crippen LogP contribution in [-0.4, -0.2) is 35.9 Å². The van der Waals surface area contributed by atoms with Gasteiger partial charge in [-0.05, 0) is 25.0 Å². The van der Waals surface area contributed by atoms with Crippen molar-refractivity contribution in [2.24, 2.45) is 16.6 Å². The van der Waals surface area contributed by atoms with Crippen molar-refractivity contribution in [3.8, 4) is 0 Å². The number of hydrogen-bond acceptors (Lipinski definition) is 2. The van der Waals surface area contributed by atoms with E-state index in [-0.39, 0.29) is 17.9 Å². The number of amides is 1. The monoisotopic (exact) mass is 258 g/mol. The van der Waals surface area contributed by atoms with E-state index < -0.39 is 0 Å². The lowest BCUT2D eigenvalue weighted by molar-refractivity contribution is -0.123. The zero-order chi connectivity index (χ0) is 13.2. The Morgan fingerprint density at radius 2 is 2.16 bits per heavy atom. The summed E-state index contributed by atoms with van der Waals surface area (Å²) in [5, 5.41) is 2.92. The number of rotatable bonds is 1. The Labute approximate surface area is 112 Å². The second-order valence-electron chi connectivity index (χ2n) is 5.06. The van der Waals surface area contributed by atoms with Crippen molar-refractivity contribution >= 4 is 17.6 Å². The number of likely N-dealkylation sites (tertiary alicyclic amines) is 1. The first kappa shape index (κ1) is 12.0. The molecule has 100 valence electrons. The van der Waals surface area contributed by atoms with E-state index in [0.29, 0.717) is 12.5 Å². The molecule has 3 rings (SSSR count). The average Bonchev–Trinajstić information content (AvgIpc) is 2.82. The van der Waals surface area contributed by atoms with Gasteiger partial charge in [-0.25, -0.2) is 4.99 Å². The number of carbonyl (C=O) groups is 1.